The maximum Gasteiger partial charge on any atom is 0.253 e. The van der Waals surface area contributed by atoms with E-state index in [0.717, 1.165) is 22.4 Å². The van der Waals surface area contributed by atoms with E-state index in [9.17, 15) is 4.79 Å². The summed E-state index contributed by atoms with van der Waals surface area (Å²) in [6.07, 6.45) is 0. The average molecular weight is 421 g/mol. The normalized spacial score (nSPS) is 15.2. The van der Waals surface area contributed by atoms with Gasteiger partial charge in [0.15, 0.2) is 0 Å². The highest BCUT2D eigenvalue weighted by atomic mass is 35.5. The van der Waals surface area contributed by atoms with Crippen LogP contribution in [0.4, 0.5) is 5.69 Å². The minimum absolute atomic E-state index is 0.0359. The number of carbonyl (C=O) groups excluding carboxylic acids is 1. The third-order valence-corrected chi connectivity index (χ3v) is 5.25. The molecule has 1 aliphatic rings. The van der Waals surface area contributed by atoms with Crippen LogP contribution in [0.15, 0.2) is 77.8 Å². The van der Waals surface area contributed by atoms with Gasteiger partial charge in [0.1, 0.15) is 18.1 Å². The number of benzene rings is 3. The maximum atomic E-state index is 12.3. The van der Waals surface area contributed by atoms with Crippen LogP contribution in [0.25, 0.3) is 0 Å². The molecule has 0 saturated heterocycles. The third-order valence-electron chi connectivity index (χ3n) is 5.02. The highest BCUT2D eigenvalue weighted by Crippen LogP contribution is 2.41. The van der Waals surface area contributed by atoms with Gasteiger partial charge in [-0.15, -0.1) is 0 Å². The Labute approximate surface area is 179 Å². The molecule has 6 nitrogen and oxygen atoms in total. The number of hydrogen-bond acceptors (Lipinski definition) is 5. The van der Waals surface area contributed by atoms with E-state index < -0.39 is 0 Å². The molecule has 0 spiro atoms. The summed E-state index contributed by atoms with van der Waals surface area (Å²) >= 11 is 6.27. The summed E-state index contributed by atoms with van der Waals surface area (Å²) in [7, 11) is 1.61. The quantitative estimate of drug-likeness (QED) is 0.373. The topological polar surface area (TPSA) is 80.0 Å². The van der Waals surface area contributed by atoms with Crippen molar-refractivity contribution in [1.29, 1.82) is 0 Å². The van der Waals surface area contributed by atoms with E-state index in [-0.39, 0.29) is 18.5 Å². The van der Waals surface area contributed by atoms with E-state index in [0.29, 0.717) is 16.6 Å². The Balaban J connectivity index is 1.94. The van der Waals surface area contributed by atoms with E-state index in [1.54, 1.807) is 7.11 Å². The van der Waals surface area contributed by atoms with Crippen LogP contribution in [0.2, 0.25) is 5.02 Å². The number of amides is 1. The Kier molecular flexibility index (Phi) is 5.70. The Morgan fingerprint density at radius 2 is 1.93 bits per heavy atom. The van der Waals surface area contributed by atoms with Crippen molar-refractivity contribution in [3.05, 3.63) is 94.5 Å². The number of halogens is 1. The fourth-order valence-electron chi connectivity index (χ4n) is 3.67. The number of amidine groups is 1. The molecule has 0 radical (unpaired) electrons. The van der Waals surface area contributed by atoms with E-state index in [1.807, 2.05) is 77.7 Å². The molecule has 0 aromatic heterocycles. The molecule has 0 aliphatic carbocycles. The molecule has 0 saturated carbocycles. The smallest absolute Gasteiger partial charge is 0.253 e. The summed E-state index contributed by atoms with van der Waals surface area (Å²) in [5.41, 5.74) is 5.81. The van der Waals surface area contributed by atoms with Crippen molar-refractivity contribution in [3.63, 3.8) is 0 Å². The Bertz CT molecular complexity index is 1100. The molecule has 1 aliphatic heterocycles. The molecule has 0 bridgehead atoms. The maximum absolute atomic E-state index is 12.3. The fourth-order valence-corrected chi connectivity index (χ4v) is 3.83. The van der Waals surface area contributed by atoms with Gasteiger partial charge in [0.25, 0.3) is 5.91 Å². The molecule has 152 valence electrons. The van der Waals surface area contributed by atoms with Crippen LogP contribution in [-0.4, -0.2) is 30.3 Å². The van der Waals surface area contributed by atoms with Gasteiger partial charge in [-0.2, -0.15) is 0 Å². The van der Waals surface area contributed by atoms with Crippen LogP contribution >= 0.6 is 11.6 Å². The first-order valence-electron chi connectivity index (χ1n) is 9.44. The van der Waals surface area contributed by atoms with Gasteiger partial charge < -0.3 is 9.64 Å². The van der Waals surface area contributed by atoms with E-state index in [1.165, 1.54) is 0 Å². The zero-order valence-electron chi connectivity index (χ0n) is 16.4. The van der Waals surface area contributed by atoms with Crippen LogP contribution in [0, 0.1) is 0 Å². The number of carbonyl (C=O) groups is 1. The highest BCUT2D eigenvalue weighted by Gasteiger charge is 2.33. The number of aliphatic imine (C=N–C) groups is 1. The number of nitrogens with one attached hydrogen (secondary N) is 1. The molecular formula is C23H21ClN4O2. The van der Waals surface area contributed by atoms with Gasteiger partial charge in [-0.05, 0) is 29.8 Å². The molecule has 1 atom stereocenters. The van der Waals surface area contributed by atoms with Crippen LogP contribution in [0.5, 0.6) is 5.75 Å². The molecule has 1 heterocycles. The number of rotatable bonds is 5. The minimum Gasteiger partial charge on any atom is -0.497 e. The molecule has 1 amide bonds. The predicted octanol–water partition coefficient (Wildman–Crippen LogP) is 3.82. The van der Waals surface area contributed by atoms with Crippen molar-refractivity contribution in [2.45, 2.75) is 6.04 Å². The molecule has 3 aromatic carbocycles. The highest BCUT2D eigenvalue weighted by molar-refractivity contribution is 6.31. The summed E-state index contributed by atoms with van der Waals surface area (Å²) in [6, 6.07) is 23.0. The molecule has 0 unspecified atom stereocenters. The molecule has 30 heavy (non-hydrogen) atoms. The summed E-state index contributed by atoms with van der Waals surface area (Å²) < 4.78 is 5.39. The first kappa shape index (κ1) is 19.9. The molecule has 0 fully saturated rings. The summed E-state index contributed by atoms with van der Waals surface area (Å²) in [4.78, 5) is 19.2. The molecule has 7 heteroatoms. The number of methoxy groups -OCH3 is 1. The number of hydrazine groups is 1. The van der Waals surface area contributed by atoms with E-state index in [4.69, 9.17) is 27.2 Å². The summed E-state index contributed by atoms with van der Waals surface area (Å²) in [6.45, 7) is 0.0359. The van der Waals surface area contributed by atoms with Gasteiger partial charge >= 0.3 is 0 Å². The SMILES string of the molecule is COc1cccc(C2=Nc3cc(Cl)ccc3[C@@H](c3ccccc3)N2CC(=O)NN)c1. The molecule has 3 aromatic rings. The lowest BCUT2D eigenvalue weighted by Gasteiger charge is -2.38. The van der Waals surface area contributed by atoms with Crippen LogP contribution in [0.3, 0.4) is 0 Å². The zero-order valence-corrected chi connectivity index (χ0v) is 17.1. The monoisotopic (exact) mass is 420 g/mol. The average Bonchev–Trinajstić information content (AvgIpc) is 2.79. The number of ether oxygens (including phenoxy) is 1. The van der Waals surface area contributed by atoms with Crippen molar-refractivity contribution >= 4 is 29.0 Å². The Morgan fingerprint density at radius 1 is 1.13 bits per heavy atom. The summed E-state index contributed by atoms with van der Waals surface area (Å²) in [5.74, 6) is 6.44. The van der Waals surface area contributed by atoms with Crippen molar-refractivity contribution in [2.24, 2.45) is 10.8 Å². The van der Waals surface area contributed by atoms with Gasteiger partial charge in [0.2, 0.25) is 0 Å². The first-order chi connectivity index (χ1) is 14.6. The second kappa shape index (κ2) is 8.57. The number of fused-ring (bicyclic) bond motifs is 1. The summed E-state index contributed by atoms with van der Waals surface area (Å²) in [5, 5.41) is 0.599. The standard InChI is InChI=1S/C23H21ClN4O2/c1-30-18-9-5-8-16(12-18)23-26-20-13-17(24)10-11-19(20)22(15-6-3-2-4-7-15)28(23)14-21(29)27-25/h2-13,22H,14,25H2,1H3,(H,27,29)/t22-/m1/s1. The Morgan fingerprint density at radius 3 is 2.67 bits per heavy atom. The lowest BCUT2D eigenvalue weighted by Crippen LogP contribution is -2.46. The Hall–Kier alpha value is -3.35. The van der Waals surface area contributed by atoms with Gasteiger partial charge in [0.05, 0.1) is 18.8 Å². The van der Waals surface area contributed by atoms with E-state index >= 15 is 0 Å². The third kappa shape index (κ3) is 3.87. The fraction of sp³-hybridized carbons (Fsp3) is 0.130. The number of nitrogens with two attached hydrogens (primary N) is 1. The lowest BCUT2D eigenvalue weighted by atomic mass is 9.93. The van der Waals surface area contributed by atoms with Crippen molar-refractivity contribution in [1.82, 2.24) is 10.3 Å². The van der Waals surface area contributed by atoms with Crippen molar-refractivity contribution in [2.75, 3.05) is 13.7 Å². The molecule has 4 rings (SSSR count). The van der Waals surface area contributed by atoms with Gasteiger partial charge in [-0.25, -0.2) is 10.8 Å². The molecule has 3 N–H and O–H groups in total. The number of hydrogen-bond donors (Lipinski definition) is 2. The van der Waals surface area contributed by atoms with E-state index in [2.05, 4.69) is 5.43 Å². The second-order valence-corrected chi connectivity index (χ2v) is 7.32. The zero-order chi connectivity index (χ0) is 21.1. The van der Waals surface area contributed by atoms with Crippen LogP contribution in [-0.2, 0) is 4.79 Å². The molecular weight excluding hydrogens is 400 g/mol. The van der Waals surface area contributed by atoms with Crippen molar-refractivity contribution in [3.8, 4) is 5.75 Å². The van der Waals surface area contributed by atoms with Crippen LogP contribution < -0.4 is 16.0 Å². The van der Waals surface area contributed by atoms with Crippen LogP contribution in [0.1, 0.15) is 22.7 Å². The van der Waals surface area contributed by atoms with Crippen molar-refractivity contribution < 1.29 is 9.53 Å². The van der Waals surface area contributed by atoms with Gasteiger partial charge in [-0.1, -0.05) is 60.1 Å². The second-order valence-electron chi connectivity index (χ2n) is 6.88. The van der Waals surface area contributed by atoms with Gasteiger partial charge in [-0.3, -0.25) is 10.2 Å². The predicted molar refractivity (Wildman–Crippen MR) is 118 cm³/mol. The first-order valence-corrected chi connectivity index (χ1v) is 9.82. The lowest BCUT2D eigenvalue weighted by molar-refractivity contribution is -0.121. The number of nitrogens with zero attached hydrogens (tertiary/aromatic N) is 2. The minimum atomic E-state index is -0.316. The largest absolute Gasteiger partial charge is 0.497 e. The van der Waals surface area contributed by atoms with Gasteiger partial charge in [0, 0.05) is 16.1 Å².